The second-order valence-electron chi connectivity index (χ2n) is 6.64. The minimum absolute atomic E-state index is 0.0660. The highest BCUT2D eigenvalue weighted by Gasteiger charge is 2.33. The number of amides is 1. The van der Waals surface area contributed by atoms with Crippen molar-refractivity contribution in [2.45, 2.75) is 32.7 Å². The van der Waals surface area contributed by atoms with Crippen LogP contribution in [-0.4, -0.2) is 53.6 Å². The van der Waals surface area contributed by atoms with Crippen molar-refractivity contribution in [3.8, 4) is 5.69 Å². The first-order valence-electron chi connectivity index (χ1n) is 8.35. The molecule has 0 spiro atoms. The van der Waals surface area contributed by atoms with E-state index in [2.05, 4.69) is 5.10 Å². The molecule has 0 bridgehead atoms. The highest BCUT2D eigenvalue weighted by atomic mass is 32.2. The van der Waals surface area contributed by atoms with Crippen LogP contribution >= 0.6 is 0 Å². The molecule has 134 valence electrons. The smallest absolute Gasteiger partial charge is 0.227 e. The molecule has 1 fully saturated rings. The van der Waals surface area contributed by atoms with Gasteiger partial charge in [0.2, 0.25) is 5.91 Å². The third-order valence-corrected chi connectivity index (χ3v) is 6.67. The zero-order valence-electron chi connectivity index (χ0n) is 14.8. The minimum Gasteiger partial charge on any atom is -0.341 e. The molecule has 0 saturated carbocycles. The van der Waals surface area contributed by atoms with Gasteiger partial charge >= 0.3 is 0 Å². The average molecular weight is 361 g/mol. The highest BCUT2D eigenvalue weighted by molar-refractivity contribution is 7.91. The van der Waals surface area contributed by atoms with E-state index in [9.17, 15) is 13.2 Å². The number of carbonyl (C=O) groups is 1. The van der Waals surface area contributed by atoms with Gasteiger partial charge in [-0.2, -0.15) is 5.10 Å². The van der Waals surface area contributed by atoms with Crippen LogP contribution in [-0.2, 0) is 21.1 Å². The Bertz CT molecular complexity index is 888. The number of benzene rings is 1. The van der Waals surface area contributed by atoms with Crippen LogP contribution in [0.5, 0.6) is 0 Å². The fourth-order valence-electron chi connectivity index (χ4n) is 3.31. The fourth-order valence-corrected chi connectivity index (χ4v) is 5.09. The van der Waals surface area contributed by atoms with Crippen molar-refractivity contribution < 1.29 is 13.2 Å². The van der Waals surface area contributed by atoms with E-state index in [0.29, 0.717) is 6.42 Å². The van der Waals surface area contributed by atoms with E-state index in [1.165, 1.54) is 0 Å². The SMILES string of the molecule is Cc1nn(-c2ccccc2)c(C)c1CC(=O)N(C)[C@@H]1CCS(=O)(=O)C1. The summed E-state index contributed by atoms with van der Waals surface area (Å²) in [6.45, 7) is 3.85. The van der Waals surface area contributed by atoms with Crippen molar-refractivity contribution in [1.82, 2.24) is 14.7 Å². The number of likely N-dealkylation sites (N-methyl/N-ethyl adjacent to an activating group) is 1. The quantitative estimate of drug-likeness (QED) is 0.831. The number of para-hydroxylation sites is 1. The number of carbonyl (C=O) groups excluding carboxylic acids is 1. The Morgan fingerprint density at radius 3 is 2.56 bits per heavy atom. The normalized spacial score (nSPS) is 19.1. The van der Waals surface area contributed by atoms with E-state index in [4.69, 9.17) is 0 Å². The Labute approximate surface area is 148 Å². The molecule has 1 saturated heterocycles. The molecule has 2 aromatic rings. The third-order valence-electron chi connectivity index (χ3n) is 4.92. The number of sulfone groups is 1. The lowest BCUT2D eigenvalue weighted by Crippen LogP contribution is -2.38. The summed E-state index contributed by atoms with van der Waals surface area (Å²) in [5.41, 5.74) is 3.62. The maximum Gasteiger partial charge on any atom is 0.227 e. The number of aryl methyl sites for hydroxylation is 1. The van der Waals surface area contributed by atoms with Crippen molar-refractivity contribution in [3.05, 3.63) is 47.3 Å². The highest BCUT2D eigenvalue weighted by Crippen LogP contribution is 2.21. The van der Waals surface area contributed by atoms with Crippen molar-refractivity contribution in [1.29, 1.82) is 0 Å². The monoisotopic (exact) mass is 361 g/mol. The van der Waals surface area contributed by atoms with Crippen molar-refractivity contribution >= 4 is 15.7 Å². The van der Waals surface area contributed by atoms with Crippen molar-refractivity contribution in [3.63, 3.8) is 0 Å². The summed E-state index contributed by atoms with van der Waals surface area (Å²) >= 11 is 0. The van der Waals surface area contributed by atoms with Gasteiger partial charge in [-0.05, 0) is 32.4 Å². The van der Waals surface area contributed by atoms with Crippen LogP contribution in [0.2, 0.25) is 0 Å². The molecule has 3 rings (SSSR count). The summed E-state index contributed by atoms with van der Waals surface area (Å²) in [4.78, 5) is 14.2. The van der Waals surface area contributed by atoms with Gasteiger partial charge < -0.3 is 4.90 Å². The van der Waals surface area contributed by atoms with E-state index in [1.54, 1.807) is 11.9 Å². The summed E-state index contributed by atoms with van der Waals surface area (Å²) in [6, 6.07) is 9.57. The van der Waals surface area contributed by atoms with E-state index in [0.717, 1.165) is 22.6 Å². The van der Waals surface area contributed by atoms with Gasteiger partial charge in [-0.1, -0.05) is 18.2 Å². The van der Waals surface area contributed by atoms with Crippen LogP contribution in [0.15, 0.2) is 30.3 Å². The second kappa shape index (κ2) is 6.63. The summed E-state index contributed by atoms with van der Waals surface area (Å²) in [6.07, 6.45) is 0.753. The third kappa shape index (κ3) is 3.61. The van der Waals surface area contributed by atoms with Crippen LogP contribution in [0.1, 0.15) is 23.4 Å². The molecule has 0 N–H and O–H groups in total. The molecule has 6 nitrogen and oxygen atoms in total. The summed E-state index contributed by atoms with van der Waals surface area (Å²) < 4.78 is 25.1. The van der Waals surface area contributed by atoms with Gasteiger partial charge in [-0.3, -0.25) is 4.79 Å². The zero-order valence-corrected chi connectivity index (χ0v) is 15.6. The predicted molar refractivity (Wildman–Crippen MR) is 96.6 cm³/mol. The van der Waals surface area contributed by atoms with Gasteiger partial charge in [0.1, 0.15) is 0 Å². The number of nitrogens with zero attached hydrogens (tertiary/aromatic N) is 3. The van der Waals surface area contributed by atoms with Crippen LogP contribution in [0, 0.1) is 13.8 Å². The summed E-state index contributed by atoms with van der Waals surface area (Å²) in [5.74, 6) is 0.163. The molecular formula is C18H23N3O3S. The van der Waals surface area contributed by atoms with Crippen LogP contribution in [0.3, 0.4) is 0 Å². The molecule has 0 unspecified atom stereocenters. The maximum absolute atomic E-state index is 12.7. The molecule has 1 aliphatic heterocycles. The largest absolute Gasteiger partial charge is 0.341 e. The van der Waals surface area contributed by atoms with E-state index < -0.39 is 9.84 Å². The van der Waals surface area contributed by atoms with Gasteiger partial charge in [-0.25, -0.2) is 13.1 Å². The van der Waals surface area contributed by atoms with Gasteiger partial charge in [0.25, 0.3) is 0 Å². The first-order chi connectivity index (χ1) is 11.8. The van der Waals surface area contributed by atoms with E-state index in [-0.39, 0.29) is 29.9 Å². The standard InChI is InChI=1S/C18H23N3O3S/c1-13-17(14(2)21(19-13)15-7-5-4-6-8-15)11-18(22)20(3)16-9-10-25(23,24)12-16/h4-8,16H,9-12H2,1-3H3/t16-/m1/s1. The Balaban J connectivity index is 1.79. The molecule has 0 aliphatic carbocycles. The second-order valence-corrected chi connectivity index (χ2v) is 8.86. The van der Waals surface area contributed by atoms with Crippen LogP contribution in [0.25, 0.3) is 5.69 Å². The molecule has 25 heavy (non-hydrogen) atoms. The number of hydrogen-bond donors (Lipinski definition) is 0. The fraction of sp³-hybridized carbons (Fsp3) is 0.444. The minimum atomic E-state index is -3.01. The lowest BCUT2D eigenvalue weighted by molar-refractivity contribution is -0.130. The molecular weight excluding hydrogens is 338 g/mol. The molecule has 7 heteroatoms. The van der Waals surface area contributed by atoms with E-state index in [1.807, 2.05) is 48.9 Å². The molecule has 1 aromatic carbocycles. The van der Waals surface area contributed by atoms with Crippen molar-refractivity contribution in [2.24, 2.45) is 0 Å². The van der Waals surface area contributed by atoms with Gasteiger partial charge in [0.15, 0.2) is 9.84 Å². The topological polar surface area (TPSA) is 72.3 Å². The molecule has 0 radical (unpaired) electrons. The number of rotatable bonds is 4. The lowest BCUT2D eigenvalue weighted by Gasteiger charge is -2.23. The van der Waals surface area contributed by atoms with Gasteiger partial charge in [0.05, 0.1) is 29.3 Å². The summed E-state index contributed by atoms with van der Waals surface area (Å²) in [7, 11) is -1.31. The van der Waals surface area contributed by atoms with Crippen molar-refractivity contribution in [2.75, 3.05) is 18.6 Å². The number of hydrogen-bond acceptors (Lipinski definition) is 4. The van der Waals surface area contributed by atoms with E-state index >= 15 is 0 Å². The Morgan fingerprint density at radius 2 is 1.96 bits per heavy atom. The van der Waals surface area contributed by atoms with Crippen LogP contribution in [0.4, 0.5) is 0 Å². The average Bonchev–Trinajstić information content (AvgIpc) is 3.08. The molecule has 1 aromatic heterocycles. The first-order valence-corrected chi connectivity index (χ1v) is 10.2. The first kappa shape index (κ1) is 17.7. The Kier molecular flexibility index (Phi) is 4.69. The lowest BCUT2D eigenvalue weighted by atomic mass is 10.1. The van der Waals surface area contributed by atoms with Crippen LogP contribution < -0.4 is 0 Å². The van der Waals surface area contributed by atoms with Gasteiger partial charge in [-0.15, -0.1) is 0 Å². The maximum atomic E-state index is 12.7. The summed E-state index contributed by atoms with van der Waals surface area (Å²) in [5, 5.41) is 4.56. The molecule has 1 aliphatic rings. The molecule has 1 amide bonds. The number of aromatic nitrogens is 2. The predicted octanol–water partition coefficient (Wildman–Crippen LogP) is 1.68. The zero-order chi connectivity index (χ0) is 18.2. The Morgan fingerprint density at radius 1 is 1.28 bits per heavy atom. The molecule has 2 heterocycles. The molecule has 1 atom stereocenters. The van der Waals surface area contributed by atoms with Gasteiger partial charge in [0, 0.05) is 24.3 Å². The Hall–Kier alpha value is -2.15.